The molecule has 0 atom stereocenters. The van der Waals surface area contributed by atoms with Crippen LogP contribution in [0.1, 0.15) is 22.6 Å². The van der Waals surface area contributed by atoms with Gasteiger partial charge in [0.15, 0.2) is 36.3 Å². The second kappa shape index (κ2) is 9.21. The zero-order valence-corrected chi connectivity index (χ0v) is 17.0. The van der Waals surface area contributed by atoms with Crippen molar-refractivity contribution < 1.29 is 27.8 Å². The third kappa shape index (κ3) is 5.22. The van der Waals surface area contributed by atoms with Gasteiger partial charge < -0.3 is 8.83 Å². The van der Waals surface area contributed by atoms with Crippen LogP contribution in [0.15, 0.2) is 82.2 Å². The maximum atomic E-state index is 10.7. The molecule has 4 rings (SSSR count). The summed E-state index contributed by atoms with van der Waals surface area (Å²) in [7, 11) is 0. The molecular formula is C22H20N4O6+2. The third-order valence-electron chi connectivity index (χ3n) is 4.95. The summed E-state index contributed by atoms with van der Waals surface area (Å²) in [5.74, 6) is 0.533. The van der Waals surface area contributed by atoms with Crippen LogP contribution < -0.4 is 9.13 Å². The zero-order valence-electron chi connectivity index (χ0n) is 17.0. The van der Waals surface area contributed by atoms with Gasteiger partial charge in [0.1, 0.15) is 9.85 Å². The summed E-state index contributed by atoms with van der Waals surface area (Å²) >= 11 is 0. The van der Waals surface area contributed by atoms with E-state index in [4.69, 9.17) is 8.83 Å². The summed E-state index contributed by atoms with van der Waals surface area (Å²) in [6.45, 7) is 0.845. The van der Waals surface area contributed by atoms with Gasteiger partial charge in [-0.2, -0.15) is 9.13 Å². The Labute approximate surface area is 182 Å². The average Bonchev–Trinajstić information content (AvgIpc) is 3.44. The molecular weight excluding hydrogens is 416 g/mol. The molecule has 10 nitrogen and oxygen atoms in total. The highest BCUT2D eigenvalue weighted by Gasteiger charge is 2.16. The second-order valence-electron chi connectivity index (χ2n) is 7.25. The fourth-order valence-electron chi connectivity index (χ4n) is 3.27. The molecule has 0 bridgehead atoms. The van der Waals surface area contributed by atoms with Gasteiger partial charge in [-0.1, -0.05) is 0 Å². The molecule has 0 fully saturated rings. The predicted octanol–water partition coefficient (Wildman–Crippen LogP) is 3.15. The standard InChI is InChI=1S/C22H20N4O6/c27-25(28)21-5-3-19(31-21)15-23-11-7-17(8-12-23)1-2-18-9-13-24(14-10-18)16-20-4-6-22(32-20)26(29)30/h3-14H,1-2,15-16H2/q+2. The van der Waals surface area contributed by atoms with Crippen LogP contribution in [0.3, 0.4) is 0 Å². The Morgan fingerprint density at radius 1 is 0.625 bits per heavy atom. The second-order valence-corrected chi connectivity index (χ2v) is 7.25. The Morgan fingerprint density at radius 3 is 1.31 bits per heavy atom. The normalized spacial score (nSPS) is 10.9. The van der Waals surface area contributed by atoms with Crippen molar-refractivity contribution in [2.45, 2.75) is 25.9 Å². The molecule has 0 saturated carbocycles. The molecule has 0 radical (unpaired) electrons. The lowest BCUT2D eigenvalue weighted by Crippen LogP contribution is -2.33. The number of aromatic nitrogens is 2. The van der Waals surface area contributed by atoms with Crippen molar-refractivity contribution in [3.63, 3.8) is 0 Å². The highest BCUT2D eigenvalue weighted by molar-refractivity contribution is 5.18. The fraction of sp³-hybridized carbons (Fsp3) is 0.182. The Hall–Kier alpha value is -4.34. The first-order valence-electron chi connectivity index (χ1n) is 9.88. The van der Waals surface area contributed by atoms with Crippen LogP contribution in [0, 0.1) is 20.2 Å². The lowest BCUT2D eigenvalue weighted by molar-refractivity contribution is -0.690. The molecule has 0 aliphatic rings. The minimum absolute atomic E-state index is 0.258. The fourth-order valence-corrected chi connectivity index (χ4v) is 3.27. The molecule has 0 amide bonds. The van der Waals surface area contributed by atoms with Crippen LogP contribution in [0.5, 0.6) is 0 Å². The maximum absolute atomic E-state index is 10.7. The van der Waals surface area contributed by atoms with Gasteiger partial charge in [-0.25, -0.2) is 0 Å². The lowest BCUT2D eigenvalue weighted by Gasteiger charge is -2.02. The maximum Gasteiger partial charge on any atom is 0.433 e. The summed E-state index contributed by atoms with van der Waals surface area (Å²) in [4.78, 5) is 20.3. The number of hydrogen-bond donors (Lipinski definition) is 0. The van der Waals surface area contributed by atoms with E-state index < -0.39 is 9.85 Å². The first kappa shape index (κ1) is 20.9. The largest absolute Gasteiger partial charge is 0.433 e. The molecule has 10 heteroatoms. The Kier molecular flexibility index (Phi) is 6.02. The molecule has 0 aliphatic heterocycles. The quantitative estimate of drug-likeness (QED) is 0.226. The lowest BCUT2D eigenvalue weighted by atomic mass is 10.1. The van der Waals surface area contributed by atoms with E-state index >= 15 is 0 Å². The van der Waals surface area contributed by atoms with Gasteiger partial charge in [0.05, 0.1) is 12.1 Å². The van der Waals surface area contributed by atoms with E-state index in [9.17, 15) is 20.2 Å². The summed E-state index contributed by atoms with van der Waals surface area (Å²) in [5, 5.41) is 21.4. The van der Waals surface area contributed by atoms with E-state index in [-0.39, 0.29) is 11.8 Å². The molecule has 4 aromatic rings. The molecule has 0 N–H and O–H groups in total. The van der Waals surface area contributed by atoms with Gasteiger partial charge >= 0.3 is 11.8 Å². The predicted molar refractivity (Wildman–Crippen MR) is 110 cm³/mol. The van der Waals surface area contributed by atoms with Crippen LogP contribution in [-0.4, -0.2) is 9.85 Å². The average molecular weight is 436 g/mol. The van der Waals surface area contributed by atoms with Crippen molar-refractivity contribution in [1.29, 1.82) is 0 Å². The highest BCUT2D eigenvalue weighted by Crippen LogP contribution is 2.16. The monoisotopic (exact) mass is 436 g/mol. The van der Waals surface area contributed by atoms with Crippen LogP contribution in [-0.2, 0) is 25.9 Å². The SMILES string of the molecule is O=[N+]([O-])c1ccc(C[n+]2ccc(CCc3cc[n+](Cc4ccc([N+](=O)[O-])o4)cc3)cc2)o1. The van der Waals surface area contributed by atoms with Crippen molar-refractivity contribution in [3.05, 3.63) is 116 Å². The molecule has 32 heavy (non-hydrogen) atoms. The molecule has 4 heterocycles. The van der Waals surface area contributed by atoms with Crippen LogP contribution in [0.4, 0.5) is 11.8 Å². The summed E-state index contributed by atoms with van der Waals surface area (Å²) in [6, 6.07) is 14.0. The Balaban J connectivity index is 1.29. The number of pyridine rings is 2. The number of rotatable bonds is 9. The molecule has 162 valence electrons. The van der Waals surface area contributed by atoms with Gasteiger partial charge in [0.2, 0.25) is 13.1 Å². The topological polar surface area (TPSA) is 120 Å². The number of furan rings is 2. The summed E-state index contributed by atoms with van der Waals surface area (Å²) < 4.78 is 14.2. The first-order valence-corrected chi connectivity index (χ1v) is 9.88. The van der Waals surface area contributed by atoms with Gasteiger partial charge in [-0.05, 0) is 36.1 Å². The van der Waals surface area contributed by atoms with E-state index in [1.807, 2.05) is 58.2 Å². The van der Waals surface area contributed by atoms with Crippen molar-refractivity contribution in [1.82, 2.24) is 0 Å². The minimum atomic E-state index is -0.550. The van der Waals surface area contributed by atoms with E-state index in [0.29, 0.717) is 24.6 Å². The molecule has 0 spiro atoms. The van der Waals surface area contributed by atoms with Crippen molar-refractivity contribution in [2.75, 3.05) is 0 Å². The van der Waals surface area contributed by atoms with Crippen molar-refractivity contribution in [2.24, 2.45) is 0 Å². The van der Waals surface area contributed by atoms with E-state index in [0.717, 1.165) is 12.8 Å². The Morgan fingerprint density at radius 2 is 1.00 bits per heavy atom. The van der Waals surface area contributed by atoms with Gasteiger partial charge in [0.25, 0.3) is 0 Å². The molecule has 4 aromatic heterocycles. The van der Waals surface area contributed by atoms with Gasteiger partial charge in [-0.15, -0.1) is 0 Å². The molecule has 0 saturated heterocycles. The number of aryl methyl sites for hydroxylation is 2. The minimum Gasteiger partial charge on any atom is -0.399 e. The van der Waals surface area contributed by atoms with Gasteiger partial charge in [-0.3, -0.25) is 20.2 Å². The number of nitro groups is 2. The summed E-state index contributed by atoms with van der Waals surface area (Å²) in [6.07, 6.45) is 9.41. The van der Waals surface area contributed by atoms with E-state index in [1.54, 1.807) is 12.1 Å². The van der Waals surface area contributed by atoms with Crippen LogP contribution in [0.2, 0.25) is 0 Å². The van der Waals surface area contributed by atoms with Crippen molar-refractivity contribution in [3.8, 4) is 0 Å². The summed E-state index contributed by atoms with van der Waals surface area (Å²) in [5.41, 5.74) is 2.35. The smallest absolute Gasteiger partial charge is 0.399 e. The molecule has 0 aliphatic carbocycles. The van der Waals surface area contributed by atoms with Gasteiger partial charge in [0, 0.05) is 24.3 Å². The zero-order chi connectivity index (χ0) is 22.5. The molecule has 0 unspecified atom stereocenters. The van der Waals surface area contributed by atoms with E-state index in [1.165, 1.54) is 23.3 Å². The highest BCUT2D eigenvalue weighted by atomic mass is 16.7. The number of hydrogen-bond acceptors (Lipinski definition) is 6. The number of nitrogens with zero attached hydrogens (tertiary/aromatic N) is 4. The third-order valence-corrected chi connectivity index (χ3v) is 4.95. The van der Waals surface area contributed by atoms with Crippen molar-refractivity contribution >= 4 is 11.8 Å². The molecule has 0 aromatic carbocycles. The van der Waals surface area contributed by atoms with E-state index in [2.05, 4.69) is 0 Å². The Bertz CT molecular complexity index is 1130. The van der Waals surface area contributed by atoms with Crippen LogP contribution in [0.25, 0.3) is 0 Å². The van der Waals surface area contributed by atoms with Crippen LogP contribution >= 0.6 is 0 Å². The first-order chi connectivity index (χ1) is 15.5.